The number of carbonyl (C=O) groups is 1. The van der Waals surface area contributed by atoms with Gasteiger partial charge in [0, 0.05) is 5.56 Å². The molecule has 0 saturated carbocycles. The number of aromatic nitrogens is 2. The Morgan fingerprint density at radius 1 is 1.17 bits per heavy atom. The summed E-state index contributed by atoms with van der Waals surface area (Å²) in [7, 11) is 1.30. The van der Waals surface area contributed by atoms with Crippen LogP contribution in [0.25, 0.3) is 0 Å². The van der Waals surface area contributed by atoms with Crippen molar-refractivity contribution in [3.05, 3.63) is 66.0 Å². The lowest BCUT2D eigenvalue weighted by molar-refractivity contribution is -0.0512. The number of nitrogens with zero attached hydrogens (tertiary/aromatic N) is 2. The number of methoxy groups -OCH3 is 1. The highest BCUT2D eigenvalue weighted by Crippen LogP contribution is 2.29. The van der Waals surface area contributed by atoms with Crippen molar-refractivity contribution in [1.29, 1.82) is 0 Å². The Kier molecular flexibility index (Phi) is 6.84. The van der Waals surface area contributed by atoms with Gasteiger partial charge in [0.05, 0.1) is 25.2 Å². The largest absolute Gasteiger partial charge is 0.493 e. The van der Waals surface area contributed by atoms with E-state index in [9.17, 15) is 13.6 Å². The van der Waals surface area contributed by atoms with Gasteiger partial charge in [-0.15, -0.1) is 0 Å². The zero-order valence-electron chi connectivity index (χ0n) is 16.5. The molecule has 0 spiro atoms. The molecule has 1 heterocycles. The van der Waals surface area contributed by atoms with E-state index in [0.29, 0.717) is 11.4 Å². The highest BCUT2D eigenvalue weighted by molar-refractivity contribution is 6.04. The van der Waals surface area contributed by atoms with E-state index < -0.39 is 12.5 Å². The molecule has 0 saturated heterocycles. The van der Waals surface area contributed by atoms with Crippen molar-refractivity contribution in [3.8, 4) is 17.2 Å². The van der Waals surface area contributed by atoms with E-state index in [-0.39, 0.29) is 23.8 Å². The predicted molar refractivity (Wildman–Crippen MR) is 106 cm³/mol. The van der Waals surface area contributed by atoms with Crippen LogP contribution >= 0.6 is 0 Å². The molecule has 1 amide bonds. The molecule has 0 bridgehead atoms. The van der Waals surface area contributed by atoms with Crippen molar-refractivity contribution in [3.63, 3.8) is 0 Å². The lowest BCUT2D eigenvalue weighted by atomic mass is 10.2. The maximum Gasteiger partial charge on any atom is 0.387 e. The topological polar surface area (TPSA) is 74.6 Å². The van der Waals surface area contributed by atoms with E-state index in [2.05, 4.69) is 22.1 Å². The highest BCUT2D eigenvalue weighted by Gasteiger charge is 2.15. The second kappa shape index (κ2) is 9.73. The van der Waals surface area contributed by atoms with Crippen molar-refractivity contribution in [2.24, 2.45) is 0 Å². The van der Waals surface area contributed by atoms with Crippen LogP contribution in [0.15, 0.2) is 54.9 Å². The minimum atomic E-state index is -2.99. The third-order valence-corrected chi connectivity index (χ3v) is 4.23. The summed E-state index contributed by atoms with van der Waals surface area (Å²) < 4.78 is 41.4. The number of amides is 1. The Bertz CT molecular complexity index is 990. The SMILES string of the molecule is CCc1ccc(OCn2cc(NC(=O)c3ccc(OC(F)F)c(OC)c3)cn2)cc1. The molecule has 3 rings (SSSR count). The summed E-state index contributed by atoms with van der Waals surface area (Å²) in [4.78, 5) is 12.4. The number of hydrogen-bond acceptors (Lipinski definition) is 5. The fourth-order valence-electron chi connectivity index (χ4n) is 2.67. The number of alkyl halides is 2. The summed E-state index contributed by atoms with van der Waals surface area (Å²) in [6, 6.07) is 11.7. The minimum absolute atomic E-state index is 0.0288. The van der Waals surface area contributed by atoms with Crippen molar-refractivity contribution in [2.45, 2.75) is 26.7 Å². The van der Waals surface area contributed by atoms with E-state index >= 15 is 0 Å². The molecule has 158 valence electrons. The molecule has 0 aliphatic carbocycles. The molecule has 0 atom stereocenters. The number of hydrogen-bond donors (Lipinski definition) is 1. The molecule has 30 heavy (non-hydrogen) atoms. The zero-order valence-corrected chi connectivity index (χ0v) is 16.5. The van der Waals surface area contributed by atoms with Gasteiger partial charge in [0.25, 0.3) is 5.91 Å². The van der Waals surface area contributed by atoms with Gasteiger partial charge >= 0.3 is 6.61 Å². The van der Waals surface area contributed by atoms with Crippen LogP contribution in [0.2, 0.25) is 0 Å². The van der Waals surface area contributed by atoms with Crippen LogP contribution < -0.4 is 19.5 Å². The van der Waals surface area contributed by atoms with Crippen LogP contribution in [0, 0.1) is 0 Å². The van der Waals surface area contributed by atoms with Crippen LogP contribution in [0.1, 0.15) is 22.8 Å². The first-order valence-corrected chi connectivity index (χ1v) is 9.17. The van der Waals surface area contributed by atoms with Gasteiger partial charge in [-0.05, 0) is 42.3 Å². The molecule has 9 heteroatoms. The first-order valence-electron chi connectivity index (χ1n) is 9.17. The molecule has 3 aromatic rings. The third-order valence-electron chi connectivity index (χ3n) is 4.23. The molecular formula is C21H21F2N3O4. The van der Waals surface area contributed by atoms with Gasteiger partial charge < -0.3 is 19.5 Å². The smallest absolute Gasteiger partial charge is 0.387 e. The normalized spacial score (nSPS) is 10.7. The summed E-state index contributed by atoms with van der Waals surface area (Å²) in [5.41, 5.74) is 1.89. The molecular weight excluding hydrogens is 396 g/mol. The van der Waals surface area contributed by atoms with Gasteiger partial charge in [0.2, 0.25) is 0 Å². The van der Waals surface area contributed by atoms with E-state index in [1.807, 2.05) is 24.3 Å². The molecule has 1 N–H and O–H groups in total. The van der Waals surface area contributed by atoms with Crippen molar-refractivity contribution in [2.75, 3.05) is 12.4 Å². The van der Waals surface area contributed by atoms with Gasteiger partial charge in [-0.2, -0.15) is 13.9 Å². The van der Waals surface area contributed by atoms with Crippen molar-refractivity contribution in [1.82, 2.24) is 9.78 Å². The van der Waals surface area contributed by atoms with Crippen LogP contribution in [0.5, 0.6) is 17.2 Å². The van der Waals surface area contributed by atoms with Crippen LogP contribution in [0.4, 0.5) is 14.5 Å². The number of benzene rings is 2. The summed E-state index contributed by atoms with van der Waals surface area (Å²) >= 11 is 0. The average Bonchev–Trinajstić information content (AvgIpc) is 3.19. The van der Waals surface area contributed by atoms with E-state index in [1.165, 1.54) is 41.8 Å². The van der Waals surface area contributed by atoms with E-state index in [0.717, 1.165) is 6.42 Å². The number of anilines is 1. The predicted octanol–water partition coefficient (Wildman–Crippen LogP) is 4.34. The lowest BCUT2D eigenvalue weighted by Gasteiger charge is -2.11. The van der Waals surface area contributed by atoms with Gasteiger partial charge in [-0.1, -0.05) is 19.1 Å². The molecule has 0 fully saturated rings. The average molecular weight is 417 g/mol. The van der Waals surface area contributed by atoms with Crippen LogP contribution in [0.3, 0.4) is 0 Å². The van der Waals surface area contributed by atoms with Gasteiger partial charge in [0.15, 0.2) is 18.2 Å². The molecule has 1 aromatic heterocycles. The number of halogens is 2. The first-order chi connectivity index (χ1) is 14.5. The Morgan fingerprint density at radius 2 is 1.93 bits per heavy atom. The Hall–Kier alpha value is -3.62. The van der Waals surface area contributed by atoms with Gasteiger partial charge in [-0.25, -0.2) is 4.68 Å². The number of rotatable bonds is 9. The second-order valence-electron chi connectivity index (χ2n) is 6.24. The zero-order chi connectivity index (χ0) is 21.5. The van der Waals surface area contributed by atoms with Crippen LogP contribution in [-0.4, -0.2) is 29.4 Å². The highest BCUT2D eigenvalue weighted by atomic mass is 19.3. The second-order valence-corrected chi connectivity index (χ2v) is 6.24. The number of nitrogens with one attached hydrogen (secondary N) is 1. The lowest BCUT2D eigenvalue weighted by Crippen LogP contribution is -2.12. The molecule has 2 aromatic carbocycles. The first kappa shape index (κ1) is 21.1. The minimum Gasteiger partial charge on any atom is -0.493 e. The van der Waals surface area contributed by atoms with Crippen molar-refractivity contribution < 1.29 is 27.8 Å². The summed E-state index contributed by atoms with van der Waals surface area (Å²) in [6.45, 7) is -0.734. The monoisotopic (exact) mass is 417 g/mol. The molecule has 0 unspecified atom stereocenters. The fraction of sp³-hybridized carbons (Fsp3) is 0.238. The van der Waals surface area contributed by atoms with Gasteiger partial charge in [0.1, 0.15) is 5.75 Å². The molecule has 0 radical (unpaired) electrons. The molecule has 0 aliphatic heterocycles. The third kappa shape index (κ3) is 5.47. The van der Waals surface area contributed by atoms with E-state index in [1.54, 1.807) is 6.20 Å². The maximum absolute atomic E-state index is 12.4. The number of carbonyl (C=O) groups excluding carboxylic acids is 1. The van der Waals surface area contributed by atoms with Crippen LogP contribution in [-0.2, 0) is 13.2 Å². The summed E-state index contributed by atoms with van der Waals surface area (Å²) in [6.07, 6.45) is 4.05. The standard InChI is InChI=1S/C21H21F2N3O4/c1-3-14-4-7-17(8-5-14)29-13-26-12-16(11-24-26)25-20(27)15-6-9-18(30-21(22)23)19(10-15)28-2/h4-12,21H,3,13H2,1-2H3,(H,25,27). The molecule has 7 nitrogen and oxygen atoms in total. The molecule has 0 aliphatic rings. The Morgan fingerprint density at radius 3 is 2.60 bits per heavy atom. The number of aryl methyl sites for hydroxylation is 1. The fourth-order valence-corrected chi connectivity index (χ4v) is 2.67. The van der Waals surface area contributed by atoms with Gasteiger partial charge in [-0.3, -0.25) is 4.79 Å². The summed E-state index contributed by atoms with van der Waals surface area (Å²) in [5, 5.41) is 6.82. The maximum atomic E-state index is 12.4. The quantitative estimate of drug-likeness (QED) is 0.561. The summed E-state index contributed by atoms with van der Waals surface area (Å²) in [5.74, 6) is 0.140. The van der Waals surface area contributed by atoms with Crippen molar-refractivity contribution >= 4 is 11.6 Å². The van der Waals surface area contributed by atoms with E-state index in [4.69, 9.17) is 9.47 Å². The Labute approximate surface area is 172 Å². The number of ether oxygens (including phenoxy) is 3. The Balaban J connectivity index is 1.60.